The maximum Gasteiger partial charge on any atom is 0.176 e. The molecule has 76 valence electrons. The van der Waals surface area contributed by atoms with Gasteiger partial charge in [0.05, 0.1) is 4.83 Å². The van der Waals surface area contributed by atoms with Crippen molar-refractivity contribution in [2.45, 2.75) is 25.1 Å². The van der Waals surface area contributed by atoms with Crippen molar-refractivity contribution in [3.8, 4) is 0 Å². The van der Waals surface area contributed by atoms with E-state index in [0.717, 1.165) is 0 Å². The van der Waals surface area contributed by atoms with E-state index in [1.807, 2.05) is 6.92 Å². The summed E-state index contributed by atoms with van der Waals surface area (Å²) in [6, 6.07) is 4.64. The Hall–Kier alpha value is -0.700. The smallest absolute Gasteiger partial charge is 0.176 e. The lowest BCUT2D eigenvalue weighted by atomic mass is 10.0. The second-order valence-corrected chi connectivity index (χ2v) is 4.51. The van der Waals surface area contributed by atoms with Crippen LogP contribution in [-0.4, -0.2) is 10.6 Å². The molecule has 0 fully saturated rings. The van der Waals surface area contributed by atoms with Crippen LogP contribution < -0.4 is 0 Å². The zero-order valence-corrected chi connectivity index (χ0v) is 9.77. The number of carbonyl (C=O) groups is 1. The third-order valence-corrected chi connectivity index (χ3v) is 2.50. The van der Waals surface area contributed by atoms with E-state index in [1.54, 1.807) is 19.1 Å². The summed E-state index contributed by atoms with van der Waals surface area (Å²) < 4.78 is 13.3. The van der Waals surface area contributed by atoms with E-state index in [9.17, 15) is 9.18 Å². The van der Waals surface area contributed by atoms with Crippen LogP contribution in [0.3, 0.4) is 0 Å². The largest absolute Gasteiger partial charge is 0.293 e. The van der Waals surface area contributed by atoms with Crippen LogP contribution in [-0.2, 0) is 6.42 Å². The number of carbonyl (C=O) groups excluding carboxylic acids is 1. The molecule has 0 aliphatic carbocycles. The minimum atomic E-state index is -0.300. The van der Waals surface area contributed by atoms with Crippen LogP contribution >= 0.6 is 15.9 Å². The van der Waals surface area contributed by atoms with Crippen LogP contribution in [0.1, 0.15) is 29.8 Å². The molecule has 1 aromatic rings. The Labute approximate surface area is 91.5 Å². The quantitative estimate of drug-likeness (QED) is 0.601. The van der Waals surface area contributed by atoms with Crippen LogP contribution in [0.15, 0.2) is 18.2 Å². The molecule has 1 rings (SSSR count). The van der Waals surface area contributed by atoms with Gasteiger partial charge in [-0.2, -0.15) is 0 Å². The molecule has 0 spiro atoms. The summed E-state index contributed by atoms with van der Waals surface area (Å²) >= 11 is 3.16. The van der Waals surface area contributed by atoms with Gasteiger partial charge >= 0.3 is 0 Å². The van der Waals surface area contributed by atoms with Gasteiger partial charge < -0.3 is 0 Å². The van der Waals surface area contributed by atoms with Crippen molar-refractivity contribution in [2.75, 3.05) is 0 Å². The van der Waals surface area contributed by atoms with Gasteiger partial charge in [0.25, 0.3) is 0 Å². The first-order valence-corrected chi connectivity index (χ1v) is 5.44. The van der Waals surface area contributed by atoms with Crippen LogP contribution in [0, 0.1) is 5.82 Å². The number of ketones is 1. The molecule has 0 N–H and O–H groups in total. The van der Waals surface area contributed by atoms with Crippen molar-refractivity contribution in [2.24, 2.45) is 0 Å². The zero-order valence-electron chi connectivity index (χ0n) is 8.18. The number of aryl methyl sites for hydroxylation is 1. The number of Topliss-reactive ketones (excluding diaryl/α,β-unsaturated/α-hetero) is 1. The molecule has 1 aromatic carbocycles. The van der Waals surface area contributed by atoms with Gasteiger partial charge in [0.15, 0.2) is 5.78 Å². The van der Waals surface area contributed by atoms with Crippen molar-refractivity contribution in [3.63, 3.8) is 0 Å². The second kappa shape index (κ2) is 4.69. The van der Waals surface area contributed by atoms with Crippen LogP contribution in [0.25, 0.3) is 0 Å². The molecule has 0 heterocycles. The van der Waals surface area contributed by atoms with Gasteiger partial charge in [-0.05, 0) is 25.0 Å². The highest BCUT2D eigenvalue weighted by Gasteiger charge is 2.13. The molecule has 14 heavy (non-hydrogen) atoms. The lowest BCUT2D eigenvalue weighted by molar-refractivity contribution is 0.0995. The minimum Gasteiger partial charge on any atom is -0.293 e. The molecule has 1 nitrogen and oxygen atoms in total. The van der Waals surface area contributed by atoms with Crippen LogP contribution in [0.4, 0.5) is 4.39 Å². The molecule has 0 radical (unpaired) electrons. The molecule has 1 atom stereocenters. The van der Waals surface area contributed by atoms with Crippen molar-refractivity contribution in [3.05, 3.63) is 35.1 Å². The van der Waals surface area contributed by atoms with Crippen molar-refractivity contribution in [1.29, 1.82) is 0 Å². The summed E-state index contributed by atoms with van der Waals surface area (Å²) in [5.41, 5.74) is 1.06. The lowest BCUT2D eigenvalue weighted by Crippen LogP contribution is -2.10. The van der Waals surface area contributed by atoms with Gasteiger partial charge in [-0.1, -0.05) is 35.0 Å². The Morgan fingerprint density at radius 2 is 2.21 bits per heavy atom. The third kappa shape index (κ3) is 2.41. The fourth-order valence-corrected chi connectivity index (χ4v) is 1.48. The van der Waals surface area contributed by atoms with Crippen molar-refractivity contribution in [1.82, 2.24) is 0 Å². The SMILES string of the molecule is CCc1ccc(C(=O)C(C)Br)cc1F. The van der Waals surface area contributed by atoms with E-state index in [0.29, 0.717) is 17.5 Å². The van der Waals surface area contributed by atoms with Crippen LogP contribution in [0.5, 0.6) is 0 Å². The standard InChI is InChI=1S/C11H12BrFO/c1-3-8-4-5-9(6-10(8)13)11(14)7(2)12/h4-7H,3H2,1-2H3. The normalized spacial score (nSPS) is 12.6. The van der Waals surface area contributed by atoms with E-state index >= 15 is 0 Å². The molecule has 3 heteroatoms. The van der Waals surface area contributed by atoms with E-state index < -0.39 is 0 Å². The monoisotopic (exact) mass is 258 g/mol. The Balaban J connectivity index is 3.03. The molecule has 0 bridgehead atoms. The Morgan fingerprint density at radius 3 is 2.64 bits per heavy atom. The van der Waals surface area contributed by atoms with Gasteiger partial charge in [0, 0.05) is 5.56 Å². The summed E-state index contributed by atoms with van der Waals surface area (Å²) in [6.45, 7) is 3.61. The number of halogens is 2. The molecule has 0 aliphatic heterocycles. The van der Waals surface area contributed by atoms with E-state index in [4.69, 9.17) is 0 Å². The number of hydrogen-bond donors (Lipinski definition) is 0. The summed E-state index contributed by atoms with van der Waals surface area (Å²) in [4.78, 5) is 11.2. The van der Waals surface area contributed by atoms with E-state index in [1.165, 1.54) is 6.07 Å². The van der Waals surface area contributed by atoms with Gasteiger partial charge in [-0.25, -0.2) is 4.39 Å². The van der Waals surface area contributed by atoms with Gasteiger partial charge in [0.2, 0.25) is 0 Å². The highest BCUT2D eigenvalue weighted by Crippen LogP contribution is 2.14. The fraction of sp³-hybridized carbons (Fsp3) is 0.364. The summed E-state index contributed by atoms with van der Waals surface area (Å²) in [5, 5.41) is 0. The second-order valence-electron chi connectivity index (χ2n) is 3.14. The van der Waals surface area contributed by atoms with Gasteiger partial charge in [-0.3, -0.25) is 4.79 Å². The summed E-state index contributed by atoms with van der Waals surface area (Å²) in [7, 11) is 0. The van der Waals surface area contributed by atoms with Gasteiger partial charge in [0.1, 0.15) is 5.82 Å². The highest BCUT2D eigenvalue weighted by molar-refractivity contribution is 9.10. The number of hydrogen-bond acceptors (Lipinski definition) is 1. The molecular formula is C11H12BrFO. The summed E-state index contributed by atoms with van der Waals surface area (Å²) in [5.74, 6) is -0.391. The number of benzene rings is 1. The average molecular weight is 259 g/mol. The third-order valence-electron chi connectivity index (χ3n) is 2.08. The Morgan fingerprint density at radius 1 is 1.57 bits per heavy atom. The molecule has 0 aliphatic rings. The molecule has 0 aromatic heterocycles. The first-order valence-electron chi connectivity index (χ1n) is 4.53. The average Bonchev–Trinajstić information content (AvgIpc) is 2.16. The Kier molecular flexibility index (Phi) is 3.81. The highest BCUT2D eigenvalue weighted by atomic mass is 79.9. The topological polar surface area (TPSA) is 17.1 Å². The first-order chi connectivity index (χ1) is 6.56. The zero-order chi connectivity index (χ0) is 10.7. The number of rotatable bonds is 3. The lowest BCUT2D eigenvalue weighted by Gasteiger charge is -2.05. The first kappa shape index (κ1) is 11.4. The predicted octanol–water partition coefficient (Wildman–Crippen LogP) is 3.35. The molecule has 0 saturated carbocycles. The maximum atomic E-state index is 13.3. The van der Waals surface area contributed by atoms with Crippen molar-refractivity contribution >= 4 is 21.7 Å². The van der Waals surface area contributed by atoms with E-state index in [-0.39, 0.29) is 16.4 Å². The molecule has 1 unspecified atom stereocenters. The van der Waals surface area contributed by atoms with Crippen LogP contribution in [0.2, 0.25) is 0 Å². The minimum absolute atomic E-state index is 0.0912. The fourth-order valence-electron chi connectivity index (χ4n) is 1.22. The predicted molar refractivity (Wildman–Crippen MR) is 58.5 cm³/mol. The molecular weight excluding hydrogens is 247 g/mol. The molecule has 0 amide bonds. The number of alkyl halides is 1. The van der Waals surface area contributed by atoms with Crippen molar-refractivity contribution < 1.29 is 9.18 Å². The summed E-state index contributed by atoms with van der Waals surface area (Å²) in [6.07, 6.45) is 0.643. The van der Waals surface area contributed by atoms with Gasteiger partial charge in [-0.15, -0.1) is 0 Å². The van der Waals surface area contributed by atoms with E-state index in [2.05, 4.69) is 15.9 Å². The maximum absolute atomic E-state index is 13.3. The molecule has 0 saturated heterocycles. The Bertz CT molecular complexity index is 347.